The van der Waals surface area contributed by atoms with Crippen LogP contribution in [-0.2, 0) is 13.0 Å². The Bertz CT molecular complexity index is 575. The van der Waals surface area contributed by atoms with Crippen LogP contribution in [0.3, 0.4) is 0 Å². The van der Waals surface area contributed by atoms with Crippen LogP contribution in [0.25, 0.3) is 0 Å². The molecule has 1 atom stereocenters. The zero-order valence-corrected chi connectivity index (χ0v) is 13.6. The fourth-order valence-corrected chi connectivity index (χ4v) is 3.66. The van der Waals surface area contributed by atoms with Crippen molar-refractivity contribution in [1.29, 1.82) is 0 Å². The molecule has 0 aliphatic heterocycles. The number of nitrogens with zero attached hydrogens (tertiary/aromatic N) is 1. The smallest absolute Gasteiger partial charge is 0.0555 e. The van der Waals surface area contributed by atoms with E-state index in [0.29, 0.717) is 12.6 Å². The maximum atomic E-state index is 5.39. The third-order valence-corrected chi connectivity index (χ3v) is 5.04. The van der Waals surface area contributed by atoms with Gasteiger partial charge >= 0.3 is 0 Å². The number of likely N-dealkylation sites (N-methyl/N-ethyl adjacent to an activating group) is 1. The summed E-state index contributed by atoms with van der Waals surface area (Å²) < 4.78 is 0. The lowest BCUT2D eigenvalue weighted by Crippen LogP contribution is -2.29. The predicted molar refractivity (Wildman–Crippen MR) is 89.2 cm³/mol. The van der Waals surface area contributed by atoms with E-state index in [2.05, 4.69) is 59.7 Å². The van der Waals surface area contributed by atoms with Gasteiger partial charge in [-0.3, -0.25) is 4.90 Å². The lowest BCUT2D eigenvalue weighted by Gasteiger charge is -2.23. The highest BCUT2D eigenvalue weighted by Gasteiger charge is 2.12. The molecule has 0 aliphatic carbocycles. The van der Waals surface area contributed by atoms with Crippen LogP contribution in [0, 0.1) is 11.8 Å². The number of hydrogen-bond acceptors (Lipinski definition) is 4. The Morgan fingerprint density at radius 3 is 2.90 bits per heavy atom. The van der Waals surface area contributed by atoms with E-state index < -0.39 is 0 Å². The molecule has 2 nitrogen and oxygen atoms in total. The molecule has 2 heterocycles. The molecule has 0 amide bonds. The molecule has 2 N–H and O–H groups in total. The zero-order chi connectivity index (χ0) is 14.4. The van der Waals surface area contributed by atoms with Gasteiger partial charge in [0, 0.05) is 33.3 Å². The van der Waals surface area contributed by atoms with Gasteiger partial charge in [-0.15, -0.1) is 22.7 Å². The molecule has 0 spiro atoms. The highest BCUT2D eigenvalue weighted by Crippen LogP contribution is 2.19. The number of thiophene rings is 2. The maximum absolute atomic E-state index is 5.39. The van der Waals surface area contributed by atoms with E-state index in [1.54, 1.807) is 11.3 Å². The summed E-state index contributed by atoms with van der Waals surface area (Å²) >= 11 is 3.61. The van der Waals surface area contributed by atoms with Crippen molar-refractivity contribution in [1.82, 2.24) is 4.90 Å². The van der Waals surface area contributed by atoms with Crippen LogP contribution in [0.15, 0.2) is 29.0 Å². The fourth-order valence-electron chi connectivity index (χ4n) is 1.96. The first-order valence-electron chi connectivity index (χ1n) is 6.68. The van der Waals surface area contributed by atoms with Crippen LogP contribution in [0.2, 0.25) is 0 Å². The molecule has 0 saturated heterocycles. The minimum Gasteiger partial charge on any atom is -0.320 e. The van der Waals surface area contributed by atoms with Gasteiger partial charge in [0.05, 0.1) is 6.54 Å². The lowest BCUT2D eigenvalue weighted by atomic mass is 10.2. The predicted octanol–water partition coefficient (Wildman–Crippen LogP) is 3.18. The highest BCUT2D eigenvalue weighted by atomic mass is 32.1. The molecule has 0 radical (unpaired) electrons. The lowest BCUT2D eigenvalue weighted by molar-refractivity contribution is 0.251. The molecule has 2 aromatic heterocycles. The Hall–Kier alpha value is -1.12. The molecule has 2 rings (SSSR count). The average Bonchev–Trinajstić information content (AvgIpc) is 3.08. The second-order valence-corrected chi connectivity index (χ2v) is 6.88. The Labute approximate surface area is 129 Å². The van der Waals surface area contributed by atoms with Crippen molar-refractivity contribution < 1.29 is 0 Å². The molecule has 0 aliphatic rings. The fraction of sp³-hybridized carbons (Fsp3) is 0.375. The largest absolute Gasteiger partial charge is 0.320 e. The molecule has 0 bridgehead atoms. The molecule has 1 unspecified atom stereocenters. The number of rotatable bonds is 5. The molecule has 0 fully saturated rings. The number of nitrogens with two attached hydrogens (primary N) is 1. The van der Waals surface area contributed by atoms with E-state index in [9.17, 15) is 0 Å². The summed E-state index contributed by atoms with van der Waals surface area (Å²) in [6, 6.07) is 7.03. The normalized spacial score (nSPS) is 12.2. The molecule has 2 aromatic rings. The quantitative estimate of drug-likeness (QED) is 0.860. The van der Waals surface area contributed by atoms with Crippen LogP contribution in [0.1, 0.15) is 22.2 Å². The minimum atomic E-state index is 0.420. The van der Waals surface area contributed by atoms with Crippen molar-refractivity contribution in [3.8, 4) is 11.8 Å². The van der Waals surface area contributed by atoms with Gasteiger partial charge in [-0.05, 0) is 37.9 Å². The molecule has 0 aromatic carbocycles. The third-order valence-electron chi connectivity index (χ3n) is 3.22. The van der Waals surface area contributed by atoms with Gasteiger partial charge in [0.25, 0.3) is 0 Å². The van der Waals surface area contributed by atoms with E-state index in [-0.39, 0.29) is 0 Å². The van der Waals surface area contributed by atoms with Crippen molar-refractivity contribution >= 4 is 22.7 Å². The third kappa shape index (κ3) is 4.46. The topological polar surface area (TPSA) is 29.3 Å². The van der Waals surface area contributed by atoms with Gasteiger partial charge in [0.15, 0.2) is 0 Å². The summed E-state index contributed by atoms with van der Waals surface area (Å²) in [4.78, 5) is 5.20. The first-order chi connectivity index (χ1) is 9.69. The Kier molecular flexibility index (Phi) is 5.81. The van der Waals surface area contributed by atoms with Gasteiger partial charge in [0.2, 0.25) is 0 Å². The molecule has 4 heteroatoms. The van der Waals surface area contributed by atoms with Crippen molar-refractivity contribution in [3.05, 3.63) is 44.3 Å². The Balaban J connectivity index is 1.90. The van der Waals surface area contributed by atoms with Gasteiger partial charge in [-0.25, -0.2) is 0 Å². The first-order valence-corrected chi connectivity index (χ1v) is 8.44. The standard InChI is InChI=1S/C16H20N2S2/c1-13(9-15-6-4-8-19-15)18(2)11-16-10-14(12-20-16)5-3-7-17/h4,6,8,10,12-13H,7,9,11,17H2,1-2H3. The van der Waals surface area contributed by atoms with Crippen LogP contribution >= 0.6 is 22.7 Å². The summed E-state index contributed by atoms with van der Waals surface area (Å²) in [5.41, 5.74) is 6.47. The van der Waals surface area contributed by atoms with Crippen molar-refractivity contribution in [2.45, 2.75) is 25.9 Å². The summed E-state index contributed by atoms with van der Waals surface area (Å²) in [5.74, 6) is 5.98. The second kappa shape index (κ2) is 7.61. The van der Waals surface area contributed by atoms with E-state index in [1.165, 1.54) is 9.75 Å². The Morgan fingerprint density at radius 2 is 2.20 bits per heavy atom. The van der Waals surface area contributed by atoms with E-state index in [4.69, 9.17) is 5.73 Å². The Morgan fingerprint density at radius 1 is 1.35 bits per heavy atom. The monoisotopic (exact) mass is 304 g/mol. The average molecular weight is 304 g/mol. The summed E-state index contributed by atoms with van der Waals surface area (Å²) in [7, 11) is 2.18. The van der Waals surface area contributed by atoms with Crippen LogP contribution < -0.4 is 5.73 Å². The summed E-state index contributed by atoms with van der Waals surface area (Å²) in [5, 5.41) is 4.25. The summed E-state index contributed by atoms with van der Waals surface area (Å²) in [6.45, 7) is 3.67. The van der Waals surface area contributed by atoms with Crippen molar-refractivity contribution in [3.63, 3.8) is 0 Å². The summed E-state index contributed by atoms with van der Waals surface area (Å²) in [6.07, 6.45) is 1.11. The minimum absolute atomic E-state index is 0.420. The van der Waals surface area contributed by atoms with Crippen LogP contribution in [0.5, 0.6) is 0 Å². The molecular weight excluding hydrogens is 284 g/mol. The van der Waals surface area contributed by atoms with Crippen LogP contribution in [0.4, 0.5) is 0 Å². The first kappa shape index (κ1) is 15.3. The van der Waals surface area contributed by atoms with Gasteiger partial charge in [-0.1, -0.05) is 17.9 Å². The van der Waals surface area contributed by atoms with Crippen LogP contribution in [-0.4, -0.2) is 24.5 Å². The molecule has 0 saturated carbocycles. The van der Waals surface area contributed by atoms with Crippen molar-refractivity contribution in [2.24, 2.45) is 5.73 Å². The molecular formula is C16H20N2S2. The van der Waals surface area contributed by atoms with Gasteiger partial charge in [-0.2, -0.15) is 0 Å². The second-order valence-electron chi connectivity index (χ2n) is 4.86. The van der Waals surface area contributed by atoms with E-state index in [1.807, 2.05) is 11.3 Å². The molecule has 106 valence electrons. The van der Waals surface area contributed by atoms with Gasteiger partial charge in [0.1, 0.15) is 0 Å². The van der Waals surface area contributed by atoms with Gasteiger partial charge < -0.3 is 5.73 Å². The SMILES string of the molecule is CC(Cc1cccs1)N(C)Cc1cc(C#CCN)cs1. The molecule has 20 heavy (non-hydrogen) atoms. The maximum Gasteiger partial charge on any atom is 0.0555 e. The van der Waals surface area contributed by atoms with E-state index in [0.717, 1.165) is 18.5 Å². The van der Waals surface area contributed by atoms with E-state index >= 15 is 0 Å². The highest BCUT2D eigenvalue weighted by molar-refractivity contribution is 7.10. The number of hydrogen-bond donors (Lipinski definition) is 1. The van der Waals surface area contributed by atoms with Crippen molar-refractivity contribution in [2.75, 3.05) is 13.6 Å². The zero-order valence-electron chi connectivity index (χ0n) is 11.9.